The van der Waals surface area contributed by atoms with Crippen LogP contribution in [0.5, 0.6) is 0 Å². The van der Waals surface area contributed by atoms with Gasteiger partial charge in [0.05, 0.1) is 6.20 Å². The number of nitrogens with one attached hydrogen (secondary N) is 2. The summed E-state index contributed by atoms with van der Waals surface area (Å²) in [6, 6.07) is 16.1. The topological polar surface area (TPSA) is 76.0 Å². The van der Waals surface area contributed by atoms with E-state index in [1.165, 1.54) is 0 Å². The molecule has 0 bridgehead atoms. The van der Waals surface area contributed by atoms with Crippen molar-refractivity contribution < 1.29 is 9.59 Å². The van der Waals surface area contributed by atoms with Crippen molar-refractivity contribution in [3.05, 3.63) is 88.2 Å². The fourth-order valence-corrected chi connectivity index (χ4v) is 4.67. The molecule has 5 rings (SSSR count). The molecule has 0 spiro atoms. The molecular weight excluding hydrogens is 424 g/mol. The van der Waals surface area contributed by atoms with Crippen LogP contribution < -0.4 is 10.6 Å². The van der Waals surface area contributed by atoms with Gasteiger partial charge in [-0.05, 0) is 41.7 Å². The van der Waals surface area contributed by atoms with Crippen molar-refractivity contribution in [3.63, 3.8) is 0 Å². The van der Waals surface area contributed by atoms with Crippen LogP contribution in [0.3, 0.4) is 0 Å². The van der Waals surface area contributed by atoms with E-state index >= 15 is 0 Å². The maximum Gasteiger partial charge on any atom is 0.255 e. The van der Waals surface area contributed by atoms with E-state index in [4.69, 9.17) is 11.6 Å². The average molecular weight is 447 g/mol. The molecule has 2 heterocycles. The summed E-state index contributed by atoms with van der Waals surface area (Å²) < 4.78 is 1.78. The number of halogens is 1. The van der Waals surface area contributed by atoms with Crippen LogP contribution in [-0.4, -0.2) is 21.5 Å². The van der Waals surface area contributed by atoms with Crippen molar-refractivity contribution in [1.82, 2.24) is 9.78 Å². The van der Waals surface area contributed by atoms with E-state index < -0.39 is 0 Å². The van der Waals surface area contributed by atoms with E-state index in [2.05, 4.69) is 29.6 Å². The Morgan fingerprint density at radius 2 is 1.84 bits per heavy atom. The van der Waals surface area contributed by atoms with E-state index in [1.807, 2.05) is 42.5 Å². The first-order valence-corrected chi connectivity index (χ1v) is 10.9. The first-order valence-electron chi connectivity index (χ1n) is 10.5. The van der Waals surface area contributed by atoms with E-state index in [-0.39, 0.29) is 23.1 Å². The molecule has 0 radical (unpaired) electrons. The predicted octanol–water partition coefficient (Wildman–Crippen LogP) is 5.45. The van der Waals surface area contributed by atoms with Crippen LogP contribution in [0, 0.1) is 5.41 Å². The molecule has 6 nitrogen and oxygen atoms in total. The summed E-state index contributed by atoms with van der Waals surface area (Å²) in [6.45, 7) is 4.19. The second-order valence-corrected chi connectivity index (χ2v) is 9.52. The molecule has 1 aliphatic heterocycles. The highest BCUT2D eigenvalue weighted by molar-refractivity contribution is 6.30. The van der Waals surface area contributed by atoms with E-state index in [9.17, 15) is 9.59 Å². The Morgan fingerprint density at radius 1 is 1.12 bits per heavy atom. The van der Waals surface area contributed by atoms with Gasteiger partial charge in [-0.15, -0.1) is 0 Å². The Kier molecular flexibility index (Phi) is 4.90. The number of benzene rings is 2. The standard InChI is InChI=1S/C25H23ClN4O2/c1-25(2)12-18-21(20(31)13-25)22(15-8-10-17(26)11-9-15)30-23(28-18)19(14-27-30)29-24(32)16-6-4-3-5-7-16/h3-11,14,22,28H,12-13H2,1-2H3,(H,29,32)/t22-/m1/s1. The highest BCUT2D eigenvalue weighted by Crippen LogP contribution is 2.47. The summed E-state index contributed by atoms with van der Waals surface area (Å²) in [5, 5.41) is 11.6. The molecule has 0 fully saturated rings. The number of fused-ring (bicyclic) bond motifs is 1. The highest BCUT2D eigenvalue weighted by Gasteiger charge is 2.41. The Balaban J connectivity index is 1.59. The lowest BCUT2D eigenvalue weighted by Gasteiger charge is -2.39. The van der Waals surface area contributed by atoms with Gasteiger partial charge in [0.1, 0.15) is 11.7 Å². The largest absolute Gasteiger partial charge is 0.342 e. The Hall–Kier alpha value is -3.38. The van der Waals surface area contributed by atoms with Crippen LogP contribution >= 0.6 is 11.6 Å². The molecule has 7 heteroatoms. The molecule has 2 N–H and O–H groups in total. The highest BCUT2D eigenvalue weighted by atomic mass is 35.5. The normalized spacial score (nSPS) is 19.1. The lowest BCUT2D eigenvalue weighted by atomic mass is 9.73. The summed E-state index contributed by atoms with van der Waals surface area (Å²) in [4.78, 5) is 26.0. The molecule has 0 saturated heterocycles. The van der Waals surface area contributed by atoms with Crippen LogP contribution in [0.2, 0.25) is 5.02 Å². The maximum atomic E-state index is 13.2. The van der Waals surface area contributed by atoms with Gasteiger partial charge in [-0.2, -0.15) is 5.10 Å². The third kappa shape index (κ3) is 3.60. The summed E-state index contributed by atoms with van der Waals surface area (Å²) in [5.41, 5.74) is 3.51. The zero-order chi connectivity index (χ0) is 22.5. The van der Waals surface area contributed by atoms with Crippen molar-refractivity contribution in [2.24, 2.45) is 5.41 Å². The fraction of sp³-hybridized carbons (Fsp3) is 0.240. The van der Waals surface area contributed by atoms with Crippen molar-refractivity contribution in [2.75, 3.05) is 10.6 Å². The summed E-state index contributed by atoms with van der Waals surface area (Å²) >= 11 is 6.11. The number of anilines is 2. The number of nitrogens with zero attached hydrogens (tertiary/aromatic N) is 2. The van der Waals surface area contributed by atoms with Crippen molar-refractivity contribution in [1.29, 1.82) is 0 Å². The lowest BCUT2D eigenvalue weighted by Crippen LogP contribution is -2.36. The van der Waals surface area contributed by atoms with Gasteiger partial charge in [0.15, 0.2) is 11.6 Å². The van der Waals surface area contributed by atoms with Crippen LogP contribution in [0.25, 0.3) is 0 Å². The number of Topliss-reactive ketones (excluding diaryl/α,β-unsaturated/α-hetero) is 1. The second-order valence-electron chi connectivity index (χ2n) is 9.08. The fourth-order valence-electron chi connectivity index (χ4n) is 4.54. The smallest absolute Gasteiger partial charge is 0.255 e. The molecule has 0 saturated carbocycles. The van der Waals surface area contributed by atoms with E-state index in [0.29, 0.717) is 28.5 Å². The minimum absolute atomic E-state index is 0.111. The SMILES string of the molecule is CC1(C)CC(=O)C2=C(C1)Nc1c(NC(=O)c3ccccc3)cnn1[C@@H]2c1ccc(Cl)cc1. The van der Waals surface area contributed by atoms with Gasteiger partial charge in [0, 0.05) is 28.3 Å². The van der Waals surface area contributed by atoms with Gasteiger partial charge in [0.25, 0.3) is 5.91 Å². The van der Waals surface area contributed by atoms with Crippen LogP contribution in [0.15, 0.2) is 72.1 Å². The maximum absolute atomic E-state index is 13.2. The van der Waals surface area contributed by atoms with E-state index in [0.717, 1.165) is 23.3 Å². The molecule has 2 aromatic carbocycles. The molecular formula is C25H23ClN4O2. The zero-order valence-electron chi connectivity index (χ0n) is 17.9. The Bertz CT molecular complexity index is 1240. The number of rotatable bonds is 3. The number of amides is 1. The van der Waals surface area contributed by atoms with Gasteiger partial charge < -0.3 is 10.6 Å². The minimum atomic E-state index is -0.385. The number of hydrogen-bond acceptors (Lipinski definition) is 4. The lowest BCUT2D eigenvalue weighted by molar-refractivity contribution is -0.118. The molecule has 162 valence electrons. The summed E-state index contributed by atoms with van der Waals surface area (Å²) in [5.74, 6) is 0.560. The first-order chi connectivity index (χ1) is 15.3. The molecule has 1 amide bonds. The van der Waals surface area contributed by atoms with Gasteiger partial charge in [0.2, 0.25) is 0 Å². The minimum Gasteiger partial charge on any atom is -0.342 e. The van der Waals surface area contributed by atoms with Crippen LogP contribution in [0.1, 0.15) is 48.7 Å². The van der Waals surface area contributed by atoms with Crippen molar-refractivity contribution in [3.8, 4) is 0 Å². The molecule has 1 atom stereocenters. The molecule has 1 aromatic heterocycles. The molecule has 2 aliphatic rings. The van der Waals surface area contributed by atoms with Gasteiger partial charge in [-0.3, -0.25) is 9.59 Å². The van der Waals surface area contributed by atoms with Gasteiger partial charge >= 0.3 is 0 Å². The van der Waals surface area contributed by atoms with Crippen LogP contribution in [0.4, 0.5) is 11.5 Å². The number of carbonyl (C=O) groups excluding carboxylic acids is 2. The number of aromatic nitrogens is 2. The molecule has 1 aliphatic carbocycles. The first kappa shape index (κ1) is 20.5. The molecule has 0 unspecified atom stereocenters. The van der Waals surface area contributed by atoms with Gasteiger partial charge in [-0.25, -0.2) is 4.68 Å². The second kappa shape index (κ2) is 7.64. The Morgan fingerprint density at radius 3 is 2.56 bits per heavy atom. The quantitative estimate of drug-likeness (QED) is 0.561. The molecule has 32 heavy (non-hydrogen) atoms. The predicted molar refractivity (Wildman–Crippen MR) is 125 cm³/mol. The third-order valence-electron chi connectivity index (χ3n) is 5.97. The van der Waals surface area contributed by atoms with Gasteiger partial charge in [-0.1, -0.05) is 55.8 Å². The van der Waals surface area contributed by atoms with Crippen molar-refractivity contribution in [2.45, 2.75) is 32.7 Å². The number of allylic oxidation sites excluding steroid dienone is 2. The monoisotopic (exact) mass is 446 g/mol. The average Bonchev–Trinajstić information content (AvgIpc) is 3.15. The van der Waals surface area contributed by atoms with E-state index in [1.54, 1.807) is 23.0 Å². The number of ketones is 1. The molecule has 3 aromatic rings. The van der Waals surface area contributed by atoms with Crippen molar-refractivity contribution >= 4 is 34.8 Å². The third-order valence-corrected chi connectivity index (χ3v) is 6.22. The number of carbonyl (C=O) groups is 2. The Labute approximate surface area is 191 Å². The van der Waals surface area contributed by atoms with Crippen LogP contribution in [-0.2, 0) is 4.79 Å². The summed E-state index contributed by atoms with van der Waals surface area (Å²) in [6.07, 6.45) is 2.83. The number of hydrogen-bond donors (Lipinski definition) is 2. The summed E-state index contributed by atoms with van der Waals surface area (Å²) in [7, 11) is 0. The zero-order valence-corrected chi connectivity index (χ0v) is 18.6.